The van der Waals surface area contributed by atoms with E-state index in [4.69, 9.17) is 4.74 Å². The van der Waals surface area contributed by atoms with Gasteiger partial charge >= 0.3 is 5.97 Å². The fraction of sp³-hybridized carbons (Fsp3) is 0.500. The smallest absolute Gasteiger partial charge is 0.327 e. The van der Waals surface area contributed by atoms with Gasteiger partial charge < -0.3 is 4.74 Å². The van der Waals surface area contributed by atoms with Crippen LogP contribution in [0.4, 0.5) is 0 Å². The predicted molar refractivity (Wildman–Crippen MR) is 66.6 cm³/mol. The molecule has 3 heteroatoms. The highest BCUT2D eigenvalue weighted by Crippen LogP contribution is 2.30. The number of ether oxygens (including phenoxy) is 1. The van der Waals surface area contributed by atoms with Gasteiger partial charge in [0.2, 0.25) is 0 Å². The maximum Gasteiger partial charge on any atom is 0.327 e. The average Bonchev–Trinajstić information content (AvgIpc) is 2.77. The molecule has 0 spiro atoms. The van der Waals surface area contributed by atoms with Crippen LogP contribution in [-0.4, -0.2) is 30.6 Å². The minimum absolute atomic E-state index is 0.162. The second kappa shape index (κ2) is 5.32. The molecule has 0 bridgehead atoms. The lowest BCUT2D eigenvalue weighted by Gasteiger charge is -2.29. The van der Waals surface area contributed by atoms with Crippen molar-refractivity contribution in [2.24, 2.45) is 0 Å². The summed E-state index contributed by atoms with van der Waals surface area (Å²) < 4.78 is 4.95. The zero-order valence-electron chi connectivity index (χ0n) is 10.4. The van der Waals surface area contributed by atoms with Gasteiger partial charge in [-0.3, -0.25) is 4.90 Å². The monoisotopic (exact) mass is 233 g/mol. The summed E-state index contributed by atoms with van der Waals surface area (Å²) in [6.45, 7) is 3.14. The van der Waals surface area contributed by atoms with Crippen LogP contribution in [-0.2, 0) is 9.53 Å². The number of rotatable bonds is 3. The van der Waals surface area contributed by atoms with E-state index in [1.807, 2.05) is 30.3 Å². The van der Waals surface area contributed by atoms with Crippen LogP contribution in [0.2, 0.25) is 0 Å². The van der Waals surface area contributed by atoms with Crippen LogP contribution in [0.5, 0.6) is 0 Å². The number of methoxy groups -OCH3 is 1. The molecule has 0 aromatic heterocycles. The summed E-state index contributed by atoms with van der Waals surface area (Å²) in [5.41, 5.74) is 1.02. The van der Waals surface area contributed by atoms with Gasteiger partial charge in [-0.2, -0.15) is 0 Å². The van der Waals surface area contributed by atoms with Gasteiger partial charge in [-0.05, 0) is 31.9 Å². The number of carbonyl (C=O) groups is 1. The van der Waals surface area contributed by atoms with Crippen LogP contribution in [0.25, 0.3) is 0 Å². The third-order valence-corrected chi connectivity index (χ3v) is 3.48. The van der Waals surface area contributed by atoms with E-state index < -0.39 is 0 Å². The average molecular weight is 233 g/mol. The molecule has 0 unspecified atom stereocenters. The molecule has 0 N–H and O–H groups in total. The predicted octanol–water partition coefficient (Wildman–Crippen LogP) is 2.39. The molecule has 17 heavy (non-hydrogen) atoms. The molecule has 0 amide bonds. The molecule has 1 fully saturated rings. The summed E-state index contributed by atoms with van der Waals surface area (Å²) in [5.74, 6) is -0.162. The fourth-order valence-electron chi connectivity index (χ4n) is 2.55. The van der Waals surface area contributed by atoms with Gasteiger partial charge in [0, 0.05) is 6.04 Å². The highest BCUT2D eigenvalue weighted by Gasteiger charge is 2.34. The maximum absolute atomic E-state index is 12.0. The van der Waals surface area contributed by atoms with Crippen molar-refractivity contribution in [3.8, 4) is 0 Å². The SMILES string of the molecule is COC(=O)[C@@H](c1ccccc1)N1CCC[C@H]1C. The first-order chi connectivity index (χ1) is 8.24. The standard InChI is InChI=1S/C14H19NO2/c1-11-7-6-10-15(11)13(14(16)17-2)12-8-4-3-5-9-12/h3-5,8-9,11,13H,6-7,10H2,1-2H3/t11-,13-/m1/s1. The molecule has 2 atom stereocenters. The lowest BCUT2D eigenvalue weighted by Crippen LogP contribution is -2.37. The van der Waals surface area contributed by atoms with Gasteiger partial charge in [0.25, 0.3) is 0 Å². The number of nitrogens with zero attached hydrogens (tertiary/aromatic N) is 1. The van der Waals surface area contributed by atoms with Gasteiger partial charge in [-0.1, -0.05) is 30.3 Å². The second-order valence-electron chi connectivity index (χ2n) is 4.57. The third-order valence-electron chi connectivity index (χ3n) is 3.48. The Morgan fingerprint density at radius 3 is 2.65 bits per heavy atom. The van der Waals surface area contributed by atoms with E-state index in [9.17, 15) is 4.79 Å². The number of likely N-dealkylation sites (tertiary alicyclic amines) is 1. The van der Waals surface area contributed by atoms with Gasteiger partial charge in [0.05, 0.1) is 7.11 Å². The molecule has 1 aliphatic rings. The van der Waals surface area contributed by atoms with Crippen molar-refractivity contribution in [2.75, 3.05) is 13.7 Å². The van der Waals surface area contributed by atoms with Gasteiger partial charge in [0.15, 0.2) is 0 Å². The first kappa shape index (κ1) is 12.1. The van der Waals surface area contributed by atoms with Crippen LogP contribution in [0, 0.1) is 0 Å². The molecular weight excluding hydrogens is 214 g/mol. The molecule has 0 radical (unpaired) electrons. The van der Waals surface area contributed by atoms with Crippen molar-refractivity contribution in [1.29, 1.82) is 0 Å². The third kappa shape index (κ3) is 2.50. The lowest BCUT2D eigenvalue weighted by atomic mass is 10.0. The molecule has 1 aromatic rings. The lowest BCUT2D eigenvalue weighted by molar-refractivity contribution is -0.147. The Morgan fingerprint density at radius 1 is 1.41 bits per heavy atom. The number of benzene rings is 1. The molecule has 3 nitrogen and oxygen atoms in total. The summed E-state index contributed by atoms with van der Waals surface area (Å²) >= 11 is 0. The Bertz CT molecular complexity index is 377. The molecule has 1 saturated heterocycles. The van der Waals surface area contributed by atoms with E-state index in [1.165, 1.54) is 7.11 Å². The summed E-state index contributed by atoms with van der Waals surface area (Å²) in [6, 6.07) is 10.1. The van der Waals surface area contributed by atoms with Crippen molar-refractivity contribution >= 4 is 5.97 Å². The topological polar surface area (TPSA) is 29.5 Å². The Labute approximate surface area is 102 Å². The quantitative estimate of drug-likeness (QED) is 0.751. The minimum atomic E-state index is -0.251. The number of carbonyl (C=O) groups excluding carboxylic acids is 1. The van der Waals surface area contributed by atoms with E-state index in [0.717, 1.165) is 24.9 Å². The van der Waals surface area contributed by atoms with Crippen LogP contribution in [0.3, 0.4) is 0 Å². The Kier molecular flexibility index (Phi) is 3.79. The van der Waals surface area contributed by atoms with E-state index in [0.29, 0.717) is 6.04 Å². The maximum atomic E-state index is 12.0. The Morgan fingerprint density at radius 2 is 2.12 bits per heavy atom. The number of hydrogen-bond acceptors (Lipinski definition) is 3. The molecule has 2 rings (SSSR count). The fourth-order valence-corrected chi connectivity index (χ4v) is 2.55. The van der Waals surface area contributed by atoms with Gasteiger partial charge in [0.1, 0.15) is 6.04 Å². The van der Waals surface area contributed by atoms with E-state index >= 15 is 0 Å². The molecule has 1 aliphatic heterocycles. The van der Waals surface area contributed by atoms with Gasteiger partial charge in [-0.25, -0.2) is 4.79 Å². The molecule has 92 valence electrons. The van der Waals surface area contributed by atoms with Gasteiger partial charge in [-0.15, -0.1) is 0 Å². The highest BCUT2D eigenvalue weighted by molar-refractivity contribution is 5.77. The summed E-state index contributed by atoms with van der Waals surface area (Å²) in [4.78, 5) is 14.2. The summed E-state index contributed by atoms with van der Waals surface area (Å²) in [5, 5.41) is 0. The van der Waals surface area contributed by atoms with Crippen molar-refractivity contribution < 1.29 is 9.53 Å². The normalized spacial score (nSPS) is 22.4. The number of esters is 1. The zero-order chi connectivity index (χ0) is 12.3. The Balaban J connectivity index is 2.28. The minimum Gasteiger partial charge on any atom is -0.468 e. The van der Waals surface area contributed by atoms with E-state index in [2.05, 4.69) is 11.8 Å². The van der Waals surface area contributed by atoms with Crippen molar-refractivity contribution in [3.63, 3.8) is 0 Å². The van der Waals surface area contributed by atoms with E-state index in [-0.39, 0.29) is 12.0 Å². The first-order valence-corrected chi connectivity index (χ1v) is 6.12. The first-order valence-electron chi connectivity index (χ1n) is 6.12. The van der Waals surface area contributed by atoms with Crippen LogP contribution in [0.1, 0.15) is 31.4 Å². The molecule has 0 saturated carbocycles. The van der Waals surface area contributed by atoms with Crippen molar-refractivity contribution in [3.05, 3.63) is 35.9 Å². The van der Waals surface area contributed by atoms with Crippen molar-refractivity contribution in [1.82, 2.24) is 4.90 Å². The highest BCUT2D eigenvalue weighted by atomic mass is 16.5. The number of hydrogen-bond donors (Lipinski definition) is 0. The molecule has 1 heterocycles. The van der Waals surface area contributed by atoms with Crippen molar-refractivity contribution in [2.45, 2.75) is 31.8 Å². The molecular formula is C14H19NO2. The van der Waals surface area contributed by atoms with Crippen LogP contribution < -0.4 is 0 Å². The zero-order valence-corrected chi connectivity index (χ0v) is 10.4. The van der Waals surface area contributed by atoms with Crippen LogP contribution in [0.15, 0.2) is 30.3 Å². The largest absolute Gasteiger partial charge is 0.468 e. The summed E-state index contributed by atoms with van der Waals surface area (Å²) in [7, 11) is 1.46. The van der Waals surface area contributed by atoms with Crippen LogP contribution >= 0.6 is 0 Å². The Hall–Kier alpha value is -1.35. The molecule has 1 aromatic carbocycles. The molecule has 0 aliphatic carbocycles. The second-order valence-corrected chi connectivity index (χ2v) is 4.57. The van der Waals surface area contributed by atoms with E-state index in [1.54, 1.807) is 0 Å². The summed E-state index contributed by atoms with van der Waals surface area (Å²) in [6.07, 6.45) is 2.31.